The van der Waals surface area contributed by atoms with E-state index in [2.05, 4.69) is 5.32 Å². The standard InChI is InChI=1S/C30H36ClN3O5S/c1-6-39-27-14-12-26(13-15-27)34(40(37,38)28-16-10-22(4)11-17-28)20-29(35)33(23(5)30(36)32-21(2)3)19-24-8-7-9-25(31)18-24/h7-18,21,23H,6,19-20H2,1-5H3,(H,32,36)/t23-/m1/s1. The normalized spacial score (nSPS) is 12.1. The maximum atomic E-state index is 13.9. The van der Waals surface area contributed by atoms with E-state index in [0.29, 0.717) is 28.6 Å². The second kappa shape index (κ2) is 13.7. The minimum absolute atomic E-state index is 0.0479. The summed E-state index contributed by atoms with van der Waals surface area (Å²) in [6.45, 7) is 8.99. The van der Waals surface area contributed by atoms with E-state index < -0.39 is 28.5 Å². The molecule has 0 saturated carbocycles. The van der Waals surface area contributed by atoms with Crippen LogP contribution in [-0.2, 0) is 26.2 Å². The Hall–Kier alpha value is -3.56. The number of hydrogen-bond acceptors (Lipinski definition) is 5. The minimum atomic E-state index is -4.15. The fraction of sp³-hybridized carbons (Fsp3) is 0.333. The third-order valence-corrected chi connectivity index (χ3v) is 8.19. The lowest BCUT2D eigenvalue weighted by molar-refractivity contribution is -0.139. The quantitative estimate of drug-likeness (QED) is 0.316. The molecule has 10 heteroatoms. The summed E-state index contributed by atoms with van der Waals surface area (Å²) in [4.78, 5) is 28.3. The number of halogens is 1. The van der Waals surface area contributed by atoms with Crippen molar-refractivity contribution in [3.8, 4) is 5.75 Å². The van der Waals surface area contributed by atoms with Gasteiger partial charge in [-0.05, 0) is 88.7 Å². The van der Waals surface area contributed by atoms with E-state index in [4.69, 9.17) is 16.3 Å². The molecule has 40 heavy (non-hydrogen) atoms. The second-order valence-electron chi connectivity index (χ2n) is 9.74. The van der Waals surface area contributed by atoms with Crippen LogP contribution in [0.1, 0.15) is 38.8 Å². The minimum Gasteiger partial charge on any atom is -0.494 e. The molecule has 1 atom stereocenters. The fourth-order valence-corrected chi connectivity index (χ4v) is 5.69. The number of rotatable bonds is 12. The molecule has 3 aromatic rings. The number of amides is 2. The highest BCUT2D eigenvalue weighted by atomic mass is 35.5. The van der Waals surface area contributed by atoms with Crippen molar-refractivity contribution >= 4 is 39.1 Å². The first-order valence-corrected chi connectivity index (χ1v) is 14.9. The van der Waals surface area contributed by atoms with Crippen molar-refractivity contribution in [3.05, 3.63) is 88.9 Å². The number of carbonyl (C=O) groups excluding carboxylic acids is 2. The van der Waals surface area contributed by atoms with E-state index in [1.165, 1.54) is 17.0 Å². The van der Waals surface area contributed by atoms with E-state index in [9.17, 15) is 18.0 Å². The summed E-state index contributed by atoms with van der Waals surface area (Å²) < 4.78 is 34.4. The van der Waals surface area contributed by atoms with Gasteiger partial charge >= 0.3 is 0 Å². The largest absolute Gasteiger partial charge is 0.494 e. The molecule has 8 nitrogen and oxygen atoms in total. The van der Waals surface area contributed by atoms with Gasteiger partial charge in [-0.25, -0.2) is 8.42 Å². The van der Waals surface area contributed by atoms with Crippen molar-refractivity contribution in [2.24, 2.45) is 0 Å². The number of nitrogens with one attached hydrogen (secondary N) is 1. The van der Waals surface area contributed by atoms with Crippen LogP contribution in [0.4, 0.5) is 5.69 Å². The Labute approximate surface area is 241 Å². The van der Waals surface area contributed by atoms with E-state index in [1.807, 2.05) is 27.7 Å². The van der Waals surface area contributed by atoms with E-state index in [0.717, 1.165) is 9.87 Å². The van der Waals surface area contributed by atoms with Crippen LogP contribution in [0.3, 0.4) is 0 Å². The molecule has 0 saturated heterocycles. The highest BCUT2D eigenvalue weighted by molar-refractivity contribution is 7.92. The Morgan fingerprint density at radius 1 is 0.975 bits per heavy atom. The topological polar surface area (TPSA) is 96.0 Å². The molecule has 0 bridgehead atoms. The number of anilines is 1. The zero-order valence-electron chi connectivity index (χ0n) is 23.4. The molecule has 3 aromatic carbocycles. The molecule has 0 unspecified atom stereocenters. The predicted molar refractivity (Wildman–Crippen MR) is 158 cm³/mol. The van der Waals surface area contributed by atoms with E-state index in [1.54, 1.807) is 67.6 Å². The average molecular weight is 586 g/mol. The maximum Gasteiger partial charge on any atom is 0.264 e. The monoisotopic (exact) mass is 585 g/mol. The molecule has 214 valence electrons. The van der Waals surface area contributed by atoms with Crippen LogP contribution < -0.4 is 14.4 Å². The van der Waals surface area contributed by atoms with Crippen molar-refractivity contribution in [1.82, 2.24) is 10.2 Å². The van der Waals surface area contributed by atoms with Gasteiger partial charge in [0.1, 0.15) is 18.3 Å². The number of ether oxygens (including phenoxy) is 1. The first-order valence-electron chi connectivity index (χ1n) is 13.1. The number of benzene rings is 3. The van der Waals surface area contributed by atoms with Gasteiger partial charge in [-0.3, -0.25) is 13.9 Å². The SMILES string of the molecule is CCOc1ccc(N(CC(=O)N(Cc2cccc(Cl)c2)[C@H](C)C(=O)NC(C)C)S(=O)(=O)c2ccc(C)cc2)cc1. The highest BCUT2D eigenvalue weighted by Gasteiger charge is 2.32. The lowest BCUT2D eigenvalue weighted by Gasteiger charge is -2.32. The van der Waals surface area contributed by atoms with Crippen molar-refractivity contribution < 1.29 is 22.7 Å². The van der Waals surface area contributed by atoms with Gasteiger partial charge in [-0.15, -0.1) is 0 Å². The van der Waals surface area contributed by atoms with Crippen LogP contribution in [0.2, 0.25) is 5.02 Å². The zero-order chi connectivity index (χ0) is 29.4. The Morgan fingerprint density at radius 3 is 2.20 bits per heavy atom. The Kier molecular flexibility index (Phi) is 10.6. The molecule has 0 spiro atoms. The molecule has 0 fully saturated rings. The van der Waals surface area contributed by atoms with E-state index >= 15 is 0 Å². The molecule has 0 radical (unpaired) electrons. The lowest BCUT2D eigenvalue weighted by Crippen LogP contribution is -2.52. The first-order chi connectivity index (χ1) is 18.9. The van der Waals surface area contributed by atoms with Crippen LogP contribution in [0, 0.1) is 6.92 Å². The third kappa shape index (κ3) is 7.99. The summed E-state index contributed by atoms with van der Waals surface area (Å²) in [5.74, 6) is -0.317. The van der Waals surface area contributed by atoms with Gasteiger partial charge in [0.15, 0.2) is 0 Å². The summed E-state index contributed by atoms with van der Waals surface area (Å²) in [6, 6.07) is 18.9. The number of carbonyl (C=O) groups is 2. The second-order valence-corrected chi connectivity index (χ2v) is 12.0. The van der Waals surface area contributed by atoms with Crippen molar-refractivity contribution in [1.29, 1.82) is 0 Å². The van der Waals surface area contributed by atoms with Gasteiger partial charge < -0.3 is 15.0 Å². The van der Waals surface area contributed by atoms with Crippen LogP contribution >= 0.6 is 11.6 Å². The summed E-state index contributed by atoms with van der Waals surface area (Å²) >= 11 is 6.18. The summed E-state index contributed by atoms with van der Waals surface area (Å²) in [7, 11) is -4.15. The smallest absolute Gasteiger partial charge is 0.264 e. The Morgan fingerprint density at radius 2 is 1.62 bits per heavy atom. The number of hydrogen-bond donors (Lipinski definition) is 1. The zero-order valence-corrected chi connectivity index (χ0v) is 25.0. The van der Waals surface area contributed by atoms with Gasteiger partial charge in [-0.2, -0.15) is 0 Å². The average Bonchev–Trinajstić information content (AvgIpc) is 2.90. The van der Waals surface area contributed by atoms with Gasteiger partial charge in [0.25, 0.3) is 10.0 Å². The molecule has 1 N–H and O–H groups in total. The molecular formula is C30H36ClN3O5S. The highest BCUT2D eigenvalue weighted by Crippen LogP contribution is 2.27. The number of sulfonamides is 1. The fourth-order valence-electron chi connectivity index (χ4n) is 4.06. The number of nitrogens with zero attached hydrogens (tertiary/aromatic N) is 2. The van der Waals surface area contributed by atoms with Crippen LogP contribution in [0.25, 0.3) is 0 Å². The maximum absolute atomic E-state index is 13.9. The molecule has 0 heterocycles. The predicted octanol–water partition coefficient (Wildman–Crippen LogP) is 5.18. The summed E-state index contributed by atoms with van der Waals surface area (Å²) in [6.07, 6.45) is 0. The summed E-state index contributed by atoms with van der Waals surface area (Å²) in [5.41, 5.74) is 1.90. The van der Waals surface area contributed by atoms with Gasteiger partial charge in [0, 0.05) is 17.6 Å². The van der Waals surface area contributed by atoms with Gasteiger partial charge in [0.2, 0.25) is 11.8 Å². The van der Waals surface area contributed by atoms with Crippen molar-refractivity contribution in [3.63, 3.8) is 0 Å². The molecule has 0 aliphatic carbocycles. The van der Waals surface area contributed by atoms with Gasteiger partial charge in [-0.1, -0.05) is 41.4 Å². The lowest BCUT2D eigenvalue weighted by atomic mass is 10.1. The first kappa shape index (κ1) is 31.0. The molecule has 0 aliphatic heterocycles. The Balaban J connectivity index is 2.03. The molecule has 2 amide bonds. The van der Waals surface area contributed by atoms with Crippen LogP contribution in [0.5, 0.6) is 5.75 Å². The Bertz CT molecular complexity index is 1410. The van der Waals surface area contributed by atoms with Crippen molar-refractivity contribution in [2.45, 2.75) is 58.1 Å². The number of aryl methyl sites for hydroxylation is 1. The molecule has 0 aromatic heterocycles. The van der Waals surface area contributed by atoms with Crippen LogP contribution in [0.15, 0.2) is 77.7 Å². The van der Waals surface area contributed by atoms with Gasteiger partial charge in [0.05, 0.1) is 17.2 Å². The third-order valence-electron chi connectivity index (χ3n) is 6.16. The van der Waals surface area contributed by atoms with Crippen LogP contribution in [-0.4, -0.2) is 50.4 Å². The molecule has 0 aliphatic rings. The summed E-state index contributed by atoms with van der Waals surface area (Å²) in [5, 5.41) is 3.32. The van der Waals surface area contributed by atoms with Crippen molar-refractivity contribution in [2.75, 3.05) is 17.5 Å². The molecular weight excluding hydrogens is 550 g/mol. The molecule has 3 rings (SSSR count). The van der Waals surface area contributed by atoms with E-state index in [-0.39, 0.29) is 23.4 Å².